The monoisotopic (exact) mass is 495 g/mol. The normalized spacial score (nSPS) is 15.2. The smallest absolute Gasteiger partial charge is 0.123 e. The quantitative estimate of drug-likeness (QED) is 0.372. The van der Waals surface area contributed by atoms with Crippen molar-refractivity contribution in [1.82, 2.24) is 4.98 Å². The van der Waals surface area contributed by atoms with E-state index in [0.717, 1.165) is 25.0 Å². The number of thioether (sulfide) groups is 1. The molecule has 0 bridgehead atoms. The third kappa shape index (κ3) is 9.18. The van der Waals surface area contributed by atoms with Gasteiger partial charge in [0.1, 0.15) is 5.76 Å². The maximum absolute atomic E-state index is 6.02. The molecule has 3 heteroatoms. The molecular weight excluding hydrogens is 446 g/mol. The molecule has 2 nitrogen and oxygen atoms in total. The average molecular weight is 496 g/mol. The Morgan fingerprint density at radius 3 is 2.26 bits per heavy atom. The van der Waals surface area contributed by atoms with Crippen molar-refractivity contribution >= 4 is 17.3 Å². The van der Waals surface area contributed by atoms with Gasteiger partial charge in [-0.2, -0.15) is 0 Å². The highest BCUT2D eigenvalue weighted by atomic mass is 32.2. The zero-order valence-electron chi connectivity index (χ0n) is 24.0. The number of rotatable bonds is 6. The molecule has 35 heavy (non-hydrogen) atoms. The fraction of sp³-hybridized carbons (Fsp3) is 0.531. The number of pyridine rings is 1. The van der Waals surface area contributed by atoms with Gasteiger partial charge in [-0.1, -0.05) is 65.3 Å². The molecule has 2 aliphatic carbocycles. The molecule has 1 saturated carbocycles. The summed E-state index contributed by atoms with van der Waals surface area (Å²) in [7, 11) is 0. The number of benzene rings is 1. The van der Waals surface area contributed by atoms with E-state index in [0.29, 0.717) is 5.41 Å². The largest absolute Gasteiger partial charge is 0.491 e. The van der Waals surface area contributed by atoms with Gasteiger partial charge in [0.05, 0.1) is 6.10 Å². The van der Waals surface area contributed by atoms with E-state index < -0.39 is 0 Å². The number of nitrogens with zero attached hydrogens (tertiary/aromatic N) is 1. The second-order valence-corrected chi connectivity index (χ2v) is 9.93. The van der Waals surface area contributed by atoms with Crippen LogP contribution in [0, 0.1) is 6.92 Å². The first kappa shape index (κ1) is 31.0. The van der Waals surface area contributed by atoms with Crippen molar-refractivity contribution < 1.29 is 4.74 Å². The van der Waals surface area contributed by atoms with Crippen LogP contribution < -0.4 is 0 Å². The lowest BCUT2D eigenvalue weighted by molar-refractivity contribution is 0.159. The van der Waals surface area contributed by atoms with Crippen LogP contribution >= 0.6 is 11.8 Å². The molecule has 1 aromatic carbocycles. The second kappa shape index (κ2) is 15.9. The summed E-state index contributed by atoms with van der Waals surface area (Å²) in [6.07, 6.45) is 16.7. The first-order valence-corrected chi connectivity index (χ1v) is 14.8. The molecule has 1 fully saturated rings. The van der Waals surface area contributed by atoms with Crippen molar-refractivity contribution in [2.45, 2.75) is 111 Å². The Kier molecular flexibility index (Phi) is 14.1. The van der Waals surface area contributed by atoms with E-state index in [4.69, 9.17) is 4.74 Å². The molecular formula is C32H49NOS. The Morgan fingerprint density at radius 1 is 1.03 bits per heavy atom. The van der Waals surface area contributed by atoms with Crippen molar-refractivity contribution in [3.05, 3.63) is 76.8 Å². The molecule has 0 aliphatic heterocycles. The summed E-state index contributed by atoms with van der Waals surface area (Å²) in [5.41, 5.74) is 7.11. The van der Waals surface area contributed by atoms with Gasteiger partial charge >= 0.3 is 0 Å². The molecule has 2 aromatic rings. The van der Waals surface area contributed by atoms with E-state index in [-0.39, 0.29) is 6.10 Å². The van der Waals surface area contributed by atoms with Gasteiger partial charge < -0.3 is 4.74 Å². The summed E-state index contributed by atoms with van der Waals surface area (Å²) in [4.78, 5) is 5.76. The van der Waals surface area contributed by atoms with Crippen LogP contribution in [-0.4, -0.2) is 17.3 Å². The van der Waals surface area contributed by atoms with Gasteiger partial charge in [0.15, 0.2) is 0 Å². The molecule has 4 rings (SSSR count). The SMILES string of the molecule is CC.CC.CC(C)OC1=CCCC=C1c1ccncc1C1(C)CC1.CCc1cc(C)ccc1SC. The summed E-state index contributed by atoms with van der Waals surface area (Å²) < 4.78 is 6.02. The van der Waals surface area contributed by atoms with Crippen molar-refractivity contribution in [1.29, 1.82) is 0 Å². The Labute approximate surface area is 220 Å². The van der Waals surface area contributed by atoms with Crippen LogP contribution in [0.1, 0.15) is 103 Å². The highest BCUT2D eigenvalue weighted by Gasteiger charge is 2.41. The van der Waals surface area contributed by atoms with Gasteiger partial charge in [0.25, 0.3) is 0 Å². The first-order chi connectivity index (χ1) is 16.9. The standard InChI is InChI=1S/C18H23NO.C10H14S.2C2H6/c1-13(2)20-17-7-5-4-6-15(17)14-8-11-19-12-16(14)18(3)9-10-18;1-4-9-7-8(2)5-6-10(9)11-3;2*1-2/h6-8,11-13H,4-5,9-10H2,1-3H3;5-7H,4H2,1-3H3;2*1-2H3. The predicted molar refractivity (Wildman–Crippen MR) is 157 cm³/mol. The number of hydrogen-bond donors (Lipinski definition) is 0. The molecule has 0 N–H and O–H groups in total. The molecule has 2 aliphatic rings. The van der Waals surface area contributed by atoms with Gasteiger partial charge in [-0.25, -0.2) is 0 Å². The van der Waals surface area contributed by atoms with Crippen LogP contribution in [-0.2, 0) is 16.6 Å². The van der Waals surface area contributed by atoms with Crippen molar-refractivity contribution in [2.24, 2.45) is 0 Å². The Morgan fingerprint density at radius 2 is 1.69 bits per heavy atom. The van der Waals surface area contributed by atoms with E-state index in [1.54, 1.807) is 0 Å². The summed E-state index contributed by atoms with van der Waals surface area (Å²) in [6.45, 7) is 18.9. The maximum Gasteiger partial charge on any atom is 0.123 e. The molecule has 0 spiro atoms. The molecule has 0 saturated heterocycles. The predicted octanol–water partition coefficient (Wildman–Crippen LogP) is 9.95. The minimum atomic E-state index is 0.213. The molecule has 1 heterocycles. The minimum absolute atomic E-state index is 0.213. The van der Waals surface area contributed by atoms with E-state index in [1.807, 2.05) is 51.9 Å². The third-order valence-corrected chi connectivity index (χ3v) is 6.89. The molecule has 0 amide bonds. The van der Waals surface area contributed by atoms with Crippen LogP contribution in [0.4, 0.5) is 0 Å². The average Bonchev–Trinajstić information content (AvgIpc) is 3.65. The topological polar surface area (TPSA) is 22.1 Å². The molecule has 1 aromatic heterocycles. The number of aromatic nitrogens is 1. The number of hydrogen-bond acceptors (Lipinski definition) is 3. The lowest BCUT2D eigenvalue weighted by Crippen LogP contribution is -2.10. The first-order valence-electron chi connectivity index (χ1n) is 13.5. The van der Waals surface area contributed by atoms with Gasteiger partial charge in [-0.05, 0) is 99.4 Å². The van der Waals surface area contributed by atoms with Crippen molar-refractivity contribution in [3.63, 3.8) is 0 Å². The molecule has 194 valence electrons. The fourth-order valence-corrected chi connectivity index (χ4v) is 4.68. The van der Waals surface area contributed by atoms with Crippen LogP contribution in [0.2, 0.25) is 0 Å². The van der Waals surface area contributed by atoms with E-state index in [1.165, 1.54) is 45.6 Å². The number of allylic oxidation sites excluding steroid dienone is 3. The minimum Gasteiger partial charge on any atom is -0.491 e. The Bertz CT molecular complexity index is 954. The number of ether oxygens (including phenoxy) is 1. The zero-order valence-corrected chi connectivity index (χ0v) is 24.8. The van der Waals surface area contributed by atoms with Gasteiger partial charge in [0.2, 0.25) is 0 Å². The third-order valence-electron chi connectivity index (χ3n) is 6.05. The van der Waals surface area contributed by atoms with Crippen molar-refractivity contribution in [3.8, 4) is 0 Å². The van der Waals surface area contributed by atoms with Crippen LogP contribution in [0.15, 0.2) is 59.5 Å². The fourth-order valence-electron chi connectivity index (χ4n) is 4.01. The van der Waals surface area contributed by atoms with Crippen LogP contribution in [0.5, 0.6) is 0 Å². The second-order valence-electron chi connectivity index (χ2n) is 9.08. The zero-order chi connectivity index (χ0) is 26.4. The van der Waals surface area contributed by atoms with Gasteiger partial charge in [-0.3, -0.25) is 4.98 Å². The molecule has 0 atom stereocenters. The lowest BCUT2D eigenvalue weighted by Gasteiger charge is -2.23. The molecule has 0 unspecified atom stereocenters. The summed E-state index contributed by atoms with van der Waals surface area (Å²) in [5.74, 6) is 1.04. The van der Waals surface area contributed by atoms with Crippen LogP contribution in [0.25, 0.3) is 5.57 Å². The lowest BCUT2D eigenvalue weighted by atomic mass is 9.88. The van der Waals surface area contributed by atoms with E-state index >= 15 is 0 Å². The van der Waals surface area contributed by atoms with Gasteiger partial charge in [0, 0.05) is 22.9 Å². The van der Waals surface area contributed by atoms with E-state index in [9.17, 15) is 0 Å². The van der Waals surface area contributed by atoms with Crippen molar-refractivity contribution in [2.75, 3.05) is 6.26 Å². The van der Waals surface area contributed by atoms with E-state index in [2.05, 4.69) is 82.3 Å². The number of aryl methyl sites for hydroxylation is 2. The Hall–Kier alpha value is -2.00. The summed E-state index contributed by atoms with van der Waals surface area (Å²) in [5, 5.41) is 0. The summed E-state index contributed by atoms with van der Waals surface area (Å²) in [6, 6.07) is 8.79. The molecule has 0 radical (unpaired) electrons. The maximum atomic E-state index is 6.02. The van der Waals surface area contributed by atoms with Gasteiger partial charge in [-0.15, -0.1) is 11.8 Å². The highest BCUT2D eigenvalue weighted by Crippen LogP contribution is 2.50. The Balaban J connectivity index is 0.000000347. The van der Waals surface area contributed by atoms with Crippen LogP contribution in [0.3, 0.4) is 0 Å². The highest BCUT2D eigenvalue weighted by molar-refractivity contribution is 7.98. The summed E-state index contributed by atoms with van der Waals surface area (Å²) >= 11 is 1.83.